The van der Waals surface area contributed by atoms with Crippen molar-refractivity contribution in [3.05, 3.63) is 53.2 Å². The van der Waals surface area contributed by atoms with E-state index >= 15 is 0 Å². The van der Waals surface area contributed by atoms with Crippen LogP contribution in [0.4, 0.5) is 11.5 Å². The molecule has 1 fully saturated rings. The molecule has 0 saturated carbocycles. The van der Waals surface area contributed by atoms with Crippen LogP contribution >= 0.6 is 0 Å². The molecule has 2 heterocycles. The van der Waals surface area contributed by atoms with Crippen molar-refractivity contribution in [1.82, 2.24) is 9.88 Å². The summed E-state index contributed by atoms with van der Waals surface area (Å²) in [5.74, 6) is 0.652. The molecule has 4 nitrogen and oxygen atoms in total. The highest BCUT2D eigenvalue weighted by Gasteiger charge is 2.11. The first kappa shape index (κ1) is 16.7. The van der Waals surface area contributed by atoms with Crippen molar-refractivity contribution in [2.24, 2.45) is 0 Å². The molecule has 0 radical (unpaired) electrons. The molecule has 0 aliphatic carbocycles. The van der Waals surface area contributed by atoms with Crippen LogP contribution in [0.2, 0.25) is 0 Å². The summed E-state index contributed by atoms with van der Waals surface area (Å²) < 4.78 is 0. The number of hydrogen-bond donors (Lipinski definition) is 1. The van der Waals surface area contributed by atoms with E-state index in [0.29, 0.717) is 11.4 Å². The number of Topliss-reactive ketones (excluding diaryl/α,β-unsaturated/α-hetero) is 1. The number of pyridine rings is 1. The SMILES string of the molecule is CC(=O)c1ccc(C)nc1Nc1ccc(CCN2CCCC2)cc1. The molecule has 0 unspecified atom stereocenters. The van der Waals surface area contributed by atoms with Crippen molar-refractivity contribution in [2.75, 3.05) is 25.0 Å². The Morgan fingerprint density at radius 2 is 1.83 bits per heavy atom. The minimum atomic E-state index is 0.0206. The van der Waals surface area contributed by atoms with Gasteiger partial charge in [0.2, 0.25) is 0 Å². The van der Waals surface area contributed by atoms with Crippen LogP contribution in [0.15, 0.2) is 36.4 Å². The summed E-state index contributed by atoms with van der Waals surface area (Å²) in [5.41, 5.74) is 3.82. The Morgan fingerprint density at radius 1 is 1.12 bits per heavy atom. The van der Waals surface area contributed by atoms with E-state index in [1.54, 1.807) is 6.92 Å². The quantitative estimate of drug-likeness (QED) is 0.817. The number of rotatable bonds is 6. The molecule has 0 amide bonds. The number of anilines is 2. The molecular formula is C20H25N3O. The standard InChI is InChI=1S/C20H25N3O/c1-15-5-10-19(16(2)24)20(21-15)22-18-8-6-17(7-9-18)11-14-23-12-3-4-13-23/h5-10H,3-4,11-14H2,1-2H3,(H,21,22). The van der Waals surface area contributed by atoms with E-state index < -0.39 is 0 Å². The molecule has 4 heteroatoms. The second kappa shape index (κ2) is 7.58. The summed E-state index contributed by atoms with van der Waals surface area (Å²) in [6.07, 6.45) is 3.76. The predicted octanol–water partition coefficient (Wildman–Crippen LogP) is 3.97. The molecule has 1 aliphatic heterocycles. The average molecular weight is 323 g/mol. The third-order valence-corrected chi connectivity index (χ3v) is 4.55. The van der Waals surface area contributed by atoms with E-state index in [1.807, 2.05) is 19.1 Å². The smallest absolute Gasteiger partial charge is 0.163 e. The minimum Gasteiger partial charge on any atom is -0.340 e. The van der Waals surface area contributed by atoms with Gasteiger partial charge >= 0.3 is 0 Å². The van der Waals surface area contributed by atoms with Crippen molar-refractivity contribution in [3.63, 3.8) is 0 Å². The molecule has 1 aromatic heterocycles. The largest absolute Gasteiger partial charge is 0.340 e. The zero-order valence-electron chi connectivity index (χ0n) is 14.5. The van der Waals surface area contributed by atoms with Gasteiger partial charge in [0.05, 0.1) is 5.56 Å². The highest BCUT2D eigenvalue weighted by molar-refractivity contribution is 5.99. The molecular weight excluding hydrogens is 298 g/mol. The summed E-state index contributed by atoms with van der Waals surface area (Å²) in [7, 11) is 0. The molecule has 1 aliphatic rings. The van der Waals surface area contributed by atoms with Gasteiger partial charge in [-0.3, -0.25) is 4.79 Å². The van der Waals surface area contributed by atoms with Crippen LogP contribution in [0, 0.1) is 6.92 Å². The lowest BCUT2D eigenvalue weighted by atomic mass is 10.1. The lowest BCUT2D eigenvalue weighted by molar-refractivity contribution is 0.101. The van der Waals surface area contributed by atoms with E-state index in [9.17, 15) is 4.79 Å². The first-order valence-electron chi connectivity index (χ1n) is 8.69. The predicted molar refractivity (Wildman–Crippen MR) is 98.1 cm³/mol. The first-order chi connectivity index (χ1) is 11.6. The van der Waals surface area contributed by atoms with E-state index in [2.05, 4.69) is 39.5 Å². The van der Waals surface area contributed by atoms with Crippen LogP contribution in [-0.4, -0.2) is 35.3 Å². The number of aryl methyl sites for hydroxylation is 1. The molecule has 2 aromatic rings. The van der Waals surface area contributed by atoms with Crippen LogP contribution in [0.3, 0.4) is 0 Å². The maximum absolute atomic E-state index is 11.7. The van der Waals surface area contributed by atoms with Gasteiger partial charge in [0.15, 0.2) is 5.78 Å². The van der Waals surface area contributed by atoms with Crippen LogP contribution in [0.1, 0.15) is 41.4 Å². The zero-order valence-corrected chi connectivity index (χ0v) is 14.5. The third-order valence-electron chi connectivity index (χ3n) is 4.55. The van der Waals surface area contributed by atoms with Crippen LogP contribution < -0.4 is 5.32 Å². The van der Waals surface area contributed by atoms with Gasteiger partial charge in [0.25, 0.3) is 0 Å². The Balaban J connectivity index is 1.65. The number of carbonyl (C=O) groups is 1. The van der Waals surface area contributed by atoms with E-state index in [4.69, 9.17) is 0 Å². The Bertz CT molecular complexity index is 703. The number of hydrogen-bond acceptors (Lipinski definition) is 4. The highest BCUT2D eigenvalue weighted by atomic mass is 16.1. The molecule has 3 rings (SSSR count). The monoisotopic (exact) mass is 323 g/mol. The van der Waals surface area contributed by atoms with Crippen molar-refractivity contribution in [1.29, 1.82) is 0 Å². The Labute approximate surface area is 143 Å². The fourth-order valence-electron chi connectivity index (χ4n) is 3.12. The van der Waals surface area contributed by atoms with E-state index in [-0.39, 0.29) is 5.78 Å². The molecule has 0 spiro atoms. The summed E-state index contributed by atoms with van der Waals surface area (Å²) in [5, 5.41) is 3.28. The summed E-state index contributed by atoms with van der Waals surface area (Å²) in [6, 6.07) is 12.1. The second-order valence-electron chi connectivity index (χ2n) is 6.53. The number of nitrogens with zero attached hydrogens (tertiary/aromatic N) is 2. The van der Waals surface area contributed by atoms with Crippen molar-refractivity contribution < 1.29 is 4.79 Å². The number of aromatic nitrogens is 1. The van der Waals surface area contributed by atoms with Gasteiger partial charge in [-0.15, -0.1) is 0 Å². The van der Waals surface area contributed by atoms with E-state index in [0.717, 1.165) is 24.3 Å². The van der Waals surface area contributed by atoms with Gasteiger partial charge in [-0.05, 0) is 76.0 Å². The Kier molecular flexibility index (Phi) is 5.26. The van der Waals surface area contributed by atoms with Gasteiger partial charge in [0.1, 0.15) is 5.82 Å². The maximum atomic E-state index is 11.7. The molecule has 1 aromatic carbocycles. The molecule has 0 atom stereocenters. The highest BCUT2D eigenvalue weighted by Crippen LogP contribution is 2.21. The lowest BCUT2D eigenvalue weighted by Gasteiger charge is -2.14. The number of ketones is 1. The minimum absolute atomic E-state index is 0.0206. The molecule has 1 N–H and O–H groups in total. The topological polar surface area (TPSA) is 45.2 Å². The van der Waals surface area contributed by atoms with Gasteiger partial charge in [0, 0.05) is 17.9 Å². The molecule has 126 valence electrons. The summed E-state index contributed by atoms with van der Waals surface area (Å²) >= 11 is 0. The molecule has 0 bridgehead atoms. The van der Waals surface area contributed by atoms with Gasteiger partial charge in [-0.25, -0.2) is 4.98 Å². The summed E-state index contributed by atoms with van der Waals surface area (Å²) in [6.45, 7) is 7.12. The summed E-state index contributed by atoms with van der Waals surface area (Å²) in [4.78, 5) is 18.7. The Morgan fingerprint density at radius 3 is 2.50 bits per heavy atom. The van der Waals surface area contributed by atoms with Crippen molar-refractivity contribution >= 4 is 17.3 Å². The van der Waals surface area contributed by atoms with Crippen LogP contribution in [-0.2, 0) is 6.42 Å². The second-order valence-corrected chi connectivity index (χ2v) is 6.53. The fraction of sp³-hybridized carbons (Fsp3) is 0.400. The van der Waals surface area contributed by atoms with Crippen molar-refractivity contribution in [2.45, 2.75) is 33.1 Å². The van der Waals surface area contributed by atoms with Gasteiger partial charge in [-0.2, -0.15) is 0 Å². The third kappa shape index (κ3) is 4.20. The number of nitrogens with one attached hydrogen (secondary N) is 1. The Hall–Kier alpha value is -2.20. The zero-order chi connectivity index (χ0) is 16.9. The fourth-order valence-corrected chi connectivity index (χ4v) is 3.12. The van der Waals surface area contributed by atoms with Gasteiger partial charge in [-0.1, -0.05) is 12.1 Å². The number of likely N-dealkylation sites (tertiary alicyclic amines) is 1. The average Bonchev–Trinajstić information content (AvgIpc) is 3.07. The van der Waals surface area contributed by atoms with E-state index in [1.165, 1.54) is 31.5 Å². The van der Waals surface area contributed by atoms with Gasteiger partial charge < -0.3 is 10.2 Å². The molecule has 1 saturated heterocycles. The number of benzene rings is 1. The lowest BCUT2D eigenvalue weighted by Crippen LogP contribution is -2.21. The van der Waals surface area contributed by atoms with Crippen LogP contribution in [0.25, 0.3) is 0 Å². The van der Waals surface area contributed by atoms with Crippen molar-refractivity contribution in [3.8, 4) is 0 Å². The normalized spacial score (nSPS) is 14.8. The molecule has 24 heavy (non-hydrogen) atoms. The maximum Gasteiger partial charge on any atom is 0.163 e. The number of carbonyl (C=O) groups excluding carboxylic acids is 1. The first-order valence-corrected chi connectivity index (χ1v) is 8.69. The van der Waals surface area contributed by atoms with Crippen LogP contribution in [0.5, 0.6) is 0 Å².